The molecule has 0 fully saturated rings. The van der Waals surface area contributed by atoms with Crippen LogP contribution in [0.4, 0.5) is 18.9 Å². The fraction of sp³-hybridized carbons (Fsp3) is 0.0800. The number of ether oxygens (including phenoxy) is 2. The van der Waals surface area contributed by atoms with Crippen LogP contribution in [0.3, 0.4) is 0 Å². The first-order valence-electron chi connectivity index (χ1n) is 9.87. The number of halogens is 4. The van der Waals surface area contributed by atoms with Gasteiger partial charge in [-0.2, -0.15) is 18.4 Å². The molecule has 3 aromatic carbocycles. The van der Waals surface area contributed by atoms with Crippen LogP contribution in [-0.4, -0.2) is 19.0 Å². The number of esters is 1. The Balaban J connectivity index is 1.83. The van der Waals surface area contributed by atoms with Gasteiger partial charge in [0.15, 0.2) is 11.5 Å². The number of methoxy groups -OCH3 is 1. The summed E-state index contributed by atoms with van der Waals surface area (Å²) in [5, 5.41) is 11.5. The summed E-state index contributed by atoms with van der Waals surface area (Å²) in [4.78, 5) is 24.8. The van der Waals surface area contributed by atoms with Gasteiger partial charge in [0.05, 0.1) is 28.9 Å². The standard InChI is InChI=1S/C25H16ClF3N2O4/c1-34-22-12-15(7-10-21(22)35-24(33)16-5-3-2-4-6-16)11-17(14-30)23(32)31-20-13-18(25(27,28)29)8-9-19(20)26/h2-13H,1H3,(H,31,32). The molecular formula is C25H16ClF3N2O4. The molecule has 0 atom stereocenters. The average Bonchev–Trinajstić information content (AvgIpc) is 2.84. The van der Waals surface area contributed by atoms with Crippen molar-refractivity contribution >= 4 is 35.2 Å². The summed E-state index contributed by atoms with van der Waals surface area (Å²) in [6.45, 7) is 0. The van der Waals surface area contributed by atoms with Gasteiger partial charge < -0.3 is 14.8 Å². The van der Waals surface area contributed by atoms with E-state index in [9.17, 15) is 28.0 Å². The van der Waals surface area contributed by atoms with Crippen LogP contribution in [0.25, 0.3) is 6.08 Å². The van der Waals surface area contributed by atoms with Crippen LogP contribution in [0.5, 0.6) is 11.5 Å². The molecule has 0 aliphatic carbocycles. The molecule has 0 saturated heterocycles. The minimum absolute atomic E-state index is 0.109. The van der Waals surface area contributed by atoms with E-state index in [1.807, 2.05) is 0 Å². The van der Waals surface area contributed by atoms with Crippen LogP contribution in [0.1, 0.15) is 21.5 Å². The topological polar surface area (TPSA) is 88.4 Å². The Morgan fingerprint density at radius 3 is 2.37 bits per heavy atom. The summed E-state index contributed by atoms with van der Waals surface area (Å²) in [6, 6.07) is 16.7. The van der Waals surface area contributed by atoms with Crippen molar-refractivity contribution in [3.8, 4) is 17.6 Å². The van der Waals surface area contributed by atoms with E-state index in [2.05, 4.69) is 5.32 Å². The van der Waals surface area contributed by atoms with Crippen LogP contribution in [0.15, 0.2) is 72.3 Å². The molecule has 0 bridgehead atoms. The predicted molar refractivity (Wildman–Crippen MR) is 123 cm³/mol. The first-order valence-corrected chi connectivity index (χ1v) is 10.3. The van der Waals surface area contributed by atoms with Crippen molar-refractivity contribution in [2.24, 2.45) is 0 Å². The lowest BCUT2D eigenvalue weighted by Crippen LogP contribution is -2.15. The molecule has 3 aromatic rings. The summed E-state index contributed by atoms with van der Waals surface area (Å²) in [5.41, 5.74) is -1.05. The number of alkyl halides is 3. The average molecular weight is 501 g/mol. The molecule has 178 valence electrons. The summed E-state index contributed by atoms with van der Waals surface area (Å²) in [6.07, 6.45) is -3.44. The van der Waals surface area contributed by atoms with E-state index in [0.717, 1.165) is 12.1 Å². The van der Waals surface area contributed by atoms with Crippen LogP contribution >= 0.6 is 11.6 Å². The van der Waals surface area contributed by atoms with Crippen molar-refractivity contribution in [3.05, 3.63) is 94.0 Å². The fourth-order valence-corrected chi connectivity index (χ4v) is 3.06. The third kappa shape index (κ3) is 6.40. The summed E-state index contributed by atoms with van der Waals surface area (Å²) >= 11 is 5.90. The highest BCUT2D eigenvalue weighted by Crippen LogP contribution is 2.34. The Labute approximate surface area is 203 Å². The molecule has 0 spiro atoms. The van der Waals surface area contributed by atoms with E-state index < -0.39 is 29.2 Å². The number of nitrogens with zero attached hydrogens (tertiary/aromatic N) is 1. The van der Waals surface area contributed by atoms with Gasteiger partial charge in [-0.3, -0.25) is 4.79 Å². The second-order valence-electron chi connectivity index (χ2n) is 6.98. The van der Waals surface area contributed by atoms with E-state index in [1.165, 1.54) is 31.4 Å². The molecule has 1 amide bonds. The van der Waals surface area contributed by atoms with E-state index in [-0.39, 0.29) is 22.2 Å². The lowest BCUT2D eigenvalue weighted by molar-refractivity contribution is -0.137. The van der Waals surface area contributed by atoms with E-state index in [4.69, 9.17) is 21.1 Å². The minimum atomic E-state index is -4.64. The first-order chi connectivity index (χ1) is 16.6. The van der Waals surface area contributed by atoms with Gasteiger partial charge in [0.2, 0.25) is 0 Å². The number of rotatable bonds is 6. The Morgan fingerprint density at radius 2 is 1.74 bits per heavy atom. The molecule has 0 unspecified atom stereocenters. The Hall–Kier alpha value is -4.29. The zero-order chi connectivity index (χ0) is 25.6. The van der Waals surface area contributed by atoms with Gasteiger partial charge in [0, 0.05) is 0 Å². The molecule has 0 heterocycles. The molecule has 0 aromatic heterocycles. The molecular weight excluding hydrogens is 485 g/mol. The molecule has 0 aliphatic rings. The van der Waals surface area contributed by atoms with E-state index >= 15 is 0 Å². The van der Waals surface area contributed by atoms with Gasteiger partial charge in [0.25, 0.3) is 5.91 Å². The first kappa shape index (κ1) is 25.3. The number of carbonyl (C=O) groups is 2. The van der Waals surface area contributed by atoms with Crippen LogP contribution in [-0.2, 0) is 11.0 Å². The number of carbonyl (C=O) groups excluding carboxylic acids is 2. The molecule has 0 aliphatic heterocycles. The number of nitrogens with one attached hydrogen (secondary N) is 1. The lowest BCUT2D eigenvalue weighted by atomic mass is 10.1. The zero-order valence-electron chi connectivity index (χ0n) is 18.0. The van der Waals surface area contributed by atoms with Crippen LogP contribution in [0, 0.1) is 11.3 Å². The molecule has 10 heteroatoms. The second kappa shape index (κ2) is 10.8. The Kier molecular flexibility index (Phi) is 7.79. The maximum Gasteiger partial charge on any atom is 0.416 e. The zero-order valence-corrected chi connectivity index (χ0v) is 18.8. The third-order valence-electron chi connectivity index (χ3n) is 4.62. The summed E-state index contributed by atoms with van der Waals surface area (Å²) in [5.74, 6) is -1.31. The fourth-order valence-electron chi connectivity index (χ4n) is 2.89. The number of benzene rings is 3. The summed E-state index contributed by atoms with van der Waals surface area (Å²) in [7, 11) is 1.34. The number of hydrogen-bond acceptors (Lipinski definition) is 5. The predicted octanol–water partition coefficient (Wildman–Crippen LogP) is 6.13. The molecule has 0 radical (unpaired) electrons. The minimum Gasteiger partial charge on any atom is -0.493 e. The van der Waals surface area contributed by atoms with Gasteiger partial charge in [-0.25, -0.2) is 4.79 Å². The number of anilines is 1. The highest BCUT2D eigenvalue weighted by molar-refractivity contribution is 6.34. The van der Waals surface area contributed by atoms with E-state index in [0.29, 0.717) is 17.2 Å². The molecule has 6 nitrogen and oxygen atoms in total. The Bertz CT molecular complexity index is 1330. The second-order valence-corrected chi connectivity index (χ2v) is 7.39. The molecule has 3 rings (SSSR count). The van der Waals surface area contributed by atoms with Gasteiger partial charge in [-0.1, -0.05) is 35.9 Å². The van der Waals surface area contributed by atoms with Crippen molar-refractivity contribution in [1.29, 1.82) is 5.26 Å². The number of amides is 1. The van der Waals surface area contributed by atoms with Gasteiger partial charge in [-0.05, 0) is 54.1 Å². The van der Waals surface area contributed by atoms with Gasteiger partial charge in [-0.15, -0.1) is 0 Å². The molecule has 0 saturated carbocycles. The van der Waals surface area contributed by atoms with Crippen molar-refractivity contribution in [2.75, 3.05) is 12.4 Å². The summed E-state index contributed by atoms with van der Waals surface area (Å²) < 4.78 is 49.5. The van der Waals surface area contributed by atoms with Crippen molar-refractivity contribution in [3.63, 3.8) is 0 Å². The van der Waals surface area contributed by atoms with E-state index in [1.54, 1.807) is 36.4 Å². The van der Waals surface area contributed by atoms with Crippen LogP contribution < -0.4 is 14.8 Å². The normalized spacial score (nSPS) is 11.4. The highest BCUT2D eigenvalue weighted by Gasteiger charge is 2.31. The van der Waals surface area contributed by atoms with Gasteiger partial charge >= 0.3 is 12.1 Å². The quantitative estimate of drug-likeness (QED) is 0.190. The van der Waals surface area contributed by atoms with Gasteiger partial charge in [0.1, 0.15) is 11.6 Å². The smallest absolute Gasteiger partial charge is 0.416 e. The number of nitriles is 1. The lowest BCUT2D eigenvalue weighted by Gasteiger charge is -2.12. The SMILES string of the molecule is COc1cc(C=C(C#N)C(=O)Nc2cc(C(F)(F)F)ccc2Cl)ccc1OC(=O)c1ccccc1. The van der Waals surface area contributed by atoms with Crippen molar-refractivity contribution in [1.82, 2.24) is 0 Å². The molecule has 35 heavy (non-hydrogen) atoms. The van der Waals surface area contributed by atoms with Crippen molar-refractivity contribution in [2.45, 2.75) is 6.18 Å². The van der Waals surface area contributed by atoms with Crippen LogP contribution in [0.2, 0.25) is 5.02 Å². The Morgan fingerprint density at radius 1 is 1.03 bits per heavy atom. The highest BCUT2D eigenvalue weighted by atomic mass is 35.5. The third-order valence-corrected chi connectivity index (χ3v) is 4.95. The number of hydrogen-bond donors (Lipinski definition) is 1. The largest absolute Gasteiger partial charge is 0.493 e. The maximum atomic E-state index is 13.0. The maximum absolute atomic E-state index is 13.0. The molecule has 1 N–H and O–H groups in total. The monoisotopic (exact) mass is 500 g/mol. The van der Waals surface area contributed by atoms with Crippen molar-refractivity contribution < 1.29 is 32.2 Å².